The lowest BCUT2D eigenvalue weighted by Gasteiger charge is -2.38. The molecule has 4 heteroatoms. The van der Waals surface area contributed by atoms with Gasteiger partial charge in [0, 0.05) is 30.1 Å². The van der Waals surface area contributed by atoms with Crippen LogP contribution in [0.4, 0.5) is 0 Å². The fraction of sp³-hybridized carbons (Fsp3) is 0.381. The Morgan fingerprint density at radius 1 is 1.08 bits per heavy atom. The maximum atomic E-state index is 13.8. The fourth-order valence-electron chi connectivity index (χ4n) is 5.14. The molecule has 2 aromatic carbocycles. The minimum Gasteiger partial charge on any atom is -0.342 e. The maximum absolute atomic E-state index is 13.8. The molecule has 128 valence electrons. The number of hydrogen-bond donors (Lipinski definition) is 1. The molecule has 0 spiro atoms. The maximum Gasteiger partial charge on any atom is 0.237 e. The summed E-state index contributed by atoms with van der Waals surface area (Å²) in [5.41, 5.74) is 10.3. The van der Waals surface area contributed by atoms with E-state index in [9.17, 15) is 4.79 Å². The van der Waals surface area contributed by atoms with E-state index in [1.807, 2.05) is 23.1 Å². The van der Waals surface area contributed by atoms with Gasteiger partial charge in [-0.25, -0.2) is 0 Å². The summed E-state index contributed by atoms with van der Waals surface area (Å²) < 4.78 is 0. The van der Waals surface area contributed by atoms with Crippen molar-refractivity contribution >= 4 is 17.5 Å². The Morgan fingerprint density at radius 3 is 2.60 bits per heavy atom. The van der Waals surface area contributed by atoms with E-state index in [1.54, 1.807) is 0 Å². The number of hydrogen-bond acceptors (Lipinski definition) is 2. The molecule has 0 radical (unpaired) electrons. The summed E-state index contributed by atoms with van der Waals surface area (Å²) in [4.78, 5) is 15.8. The Morgan fingerprint density at radius 2 is 1.80 bits per heavy atom. The quantitative estimate of drug-likeness (QED) is 0.854. The Kier molecular flexibility index (Phi) is 3.28. The van der Waals surface area contributed by atoms with Crippen LogP contribution >= 0.6 is 11.6 Å². The minimum atomic E-state index is -0.567. The van der Waals surface area contributed by atoms with Crippen LogP contribution in [0.15, 0.2) is 42.5 Å². The lowest BCUT2D eigenvalue weighted by atomic mass is 9.74. The van der Waals surface area contributed by atoms with Gasteiger partial charge in [-0.15, -0.1) is 0 Å². The molecule has 25 heavy (non-hydrogen) atoms. The second-order valence-corrected chi connectivity index (χ2v) is 8.05. The molecule has 1 heterocycles. The van der Waals surface area contributed by atoms with E-state index in [4.69, 9.17) is 17.3 Å². The highest BCUT2D eigenvalue weighted by Gasteiger charge is 2.58. The summed E-state index contributed by atoms with van der Waals surface area (Å²) in [5, 5.41) is 0.705. The minimum absolute atomic E-state index is 0.218. The van der Waals surface area contributed by atoms with Crippen molar-refractivity contribution in [2.24, 2.45) is 5.73 Å². The Balaban J connectivity index is 1.67. The number of rotatable bonds is 1. The van der Waals surface area contributed by atoms with E-state index in [1.165, 1.54) is 16.7 Å². The summed E-state index contributed by atoms with van der Waals surface area (Å²) in [6, 6.07) is 14.7. The number of likely N-dealkylation sites (tertiary alicyclic amines) is 1. The topological polar surface area (TPSA) is 46.3 Å². The predicted molar refractivity (Wildman–Crippen MR) is 98.9 cm³/mol. The normalized spacial score (nSPS) is 27.3. The smallest absolute Gasteiger partial charge is 0.237 e. The van der Waals surface area contributed by atoms with E-state index < -0.39 is 5.41 Å². The Labute approximate surface area is 152 Å². The molecule has 2 atom stereocenters. The molecule has 3 aliphatic rings. The van der Waals surface area contributed by atoms with E-state index in [0.717, 1.165) is 37.9 Å². The van der Waals surface area contributed by atoms with Crippen LogP contribution < -0.4 is 5.73 Å². The molecule has 2 N–H and O–H groups in total. The molecule has 5 rings (SSSR count). The number of carbonyl (C=O) groups excluding carboxylic acids is 1. The SMILES string of the molecule is NC1CCN(C(=O)[C@@]23C[C@H](c4ccccc42)c2ccc(Cl)cc23)CC1. The van der Waals surface area contributed by atoms with Crippen molar-refractivity contribution in [3.8, 4) is 0 Å². The average molecular weight is 353 g/mol. The van der Waals surface area contributed by atoms with Gasteiger partial charge in [-0.3, -0.25) is 4.79 Å². The lowest BCUT2D eigenvalue weighted by Crippen LogP contribution is -2.50. The van der Waals surface area contributed by atoms with Crippen LogP contribution in [0.3, 0.4) is 0 Å². The van der Waals surface area contributed by atoms with Crippen molar-refractivity contribution in [1.82, 2.24) is 4.90 Å². The third-order valence-electron chi connectivity index (χ3n) is 6.35. The van der Waals surface area contributed by atoms with Crippen LogP contribution in [-0.4, -0.2) is 29.9 Å². The molecular weight excluding hydrogens is 332 g/mol. The van der Waals surface area contributed by atoms with Gasteiger partial charge in [0.1, 0.15) is 5.41 Å². The van der Waals surface area contributed by atoms with Crippen LogP contribution in [0.2, 0.25) is 5.02 Å². The van der Waals surface area contributed by atoms with Gasteiger partial charge in [0.05, 0.1) is 0 Å². The number of halogens is 1. The van der Waals surface area contributed by atoms with Crippen LogP contribution in [-0.2, 0) is 10.2 Å². The first-order valence-electron chi connectivity index (χ1n) is 9.05. The first-order chi connectivity index (χ1) is 12.1. The van der Waals surface area contributed by atoms with Crippen LogP contribution in [0, 0.1) is 0 Å². The molecule has 1 amide bonds. The van der Waals surface area contributed by atoms with E-state index in [0.29, 0.717) is 10.9 Å². The number of benzene rings is 2. The molecule has 1 saturated heterocycles. The summed E-state index contributed by atoms with van der Waals surface area (Å²) in [7, 11) is 0. The first kappa shape index (κ1) is 15.4. The predicted octanol–water partition coefficient (Wildman–Crippen LogP) is 3.42. The highest BCUT2D eigenvalue weighted by atomic mass is 35.5. The number of nitrogens with zero attached hydrogens (tertiary/aromatic N) is 1. The molecule has 0 saturated carbocycles. The number of piperidine rings is 1. The van der Waals surface area contributed by atoms with Crippen molar-refractivity contribution in [3.05, 3.63) is 69.7 Å². The lowest BCUT2D eigenvalue weighted by molar-refractivity contribution is -0.136. The monoisotopic (exact) mass is 352 g/mol. The zero-order chi connectivity index (χ0) is 17.2. The third kappa shape index (κ3) is 2.00. The molecule has 2 bridgehead atoms. The van der Waals surface area contributed by atoms with Gasteiger partial charge in [-0.05, 0) is 53.6 Å². The summed E-state index contributed by atoms with van der Waals surface area (Å²) >= 11 is 6.32. The summed E-state index contributed by atoms with van der Waals surface area (Å²) in [6.07, 6.45) is 2.61. The second-order valence-electron chi connectivity index (χ2n) is 7.61. The molecular formula is C21H21ClN2O. The van der Waals surface area contributed by atoms with Crippen molar-refractivity contribution < 1.29 is 4.79 Å². The van der Waals surface area contributed by atoms with Crippen LogP contribution in [0.25, 0.3) is 0 Å². The standard InChI is InChI=1S/C21H21ClN2O/c22-13-5-6-16-17-12-21(19(16)11-13,18-4-2-1-3-15(17)18)20(25)24-9-7-14(23)8-10-24/h1-6,11,14,17H,7-10,12,23H2/t17-,21+/m1/s1. The number of nitrogens with two attached hydrogens (primary N) is 1. The average Bonchev–Trinajstić information content (AvgIpc) is 3.15. The largest absolute Gasteiger partial charge is 0.342 e. The summed E-state index contributed by atoms with van der Waals surface area (Å²) in [5.74, 6) is 0.537. The van der Waals surface area contributed by atoms with Crippen molar-refractivity contribution in [2.45, 2.75) is 36.6 Å². The Hall–Kier alpha value is -1.84. The molecule has 3 nitrogen and oxygen atoms in total. The van der Waals surface area contributed by atoms with E-state index in [2.05, 4.69) is 24.3 Å². The molecule has 1 aliphatic heterocycles. The molecule has 1 fully saturated rings. The first-order valence-corrected chi connectivity index (χ1v) is 9.43. The molecule has 0 unspecified atom stereocenters. The van der Waals surface area contributed by atoms with Gasteiger partial charge < -0.3 is 10.6 Å². The Bertz CT molecular complexity index is 872. The molecule has 2 aliphatic carbocycles. The molecule has 2 aromatic rings. The van der Waals surface area contributed by atoms with Crippen molar-refractivity contribution in [3.63, 3.8) is 0 Å². The fourth-order valence-corrected chi connectivity index (χ4v) is 5.31. The van der Waals surface area contributed by atoms with Crippen molar-refractivity contribution in [2.75, 3.05) is 13.1 Å². The van der Waals surface area contributed by atoms with E-state index in [-0.39, 0.29) is 11.9 Å². The van der Waals surface area contributed by atoms with Gasteiger partial charge in [0.2, 0.25) is 5.91 Å². The van der Waals surface area contributed by atoms with Crippen LogP contribution in [0.1, 0.15) is 47.4 Å². The van der Waals surface area contributed by atoms with Crippen LogP contribution in [0.5, 0.6) is 0 Å². The van der Waals surface area contributed by atoms with E-state index >= 15 is 0 Å². The van der Waals surface area contributed by atoms with Gasteiger partial charge in [0.25, 0.3) is 0 Å². The third-order valence-corrected chi connectivity index (χ3v) is 6.58. The molecule has 0 aromatic heterocycles. The van der Waals surface area contributed by atoms with Crippen molar-refractivity contribution in [1.29, 1.82) is 0 Å². The zero-order valence-electron chi connectivity index (χ0n) is 14.0. The van der Waals surface area contributed by atoms with Gasteiger partial charge in [-0.2, -0.15) is 0 Å². The zero-order valence-corrected chi connectivity index (χ0v) is 14.8. The van der Waals surface area contributed by atoms with Gasteiger partial charge in [0.15, 0.2) is 0 Å². The highest BCUT2D eigenvalue weighted by Crippen LogP contribution is 2.61. The number of carbonyl (C=O) groups is 1. The highest BCUT2D eigenvalue weighted by molar-refractivity contribution is 6.30. The van der Waals surface area contributed by atoms with Gasteiger partial charge in [-0.1, -0.05) is 41.9 Å². The second kappa shape index (κ2) is 5.33. The number of amides is 1. The summed E-state index contributed by atoms with van der Waals surface area (Å²) in [6.45, 7) is 1.51. The van der Waals surface area contributed by atoms with Gasteiger partial charge >= 0.3 is 0 Å². The number of fused-ring (bicyclic) bond motifs is 8.